The molecule has 0 saturated carbocycles. The zero-order valence-corrected chi connectivity index (χ0v) is 16.1. The number of anilines is 1. The molecule has 0 aliphatic carbocycles. The summed E-state index contributed by atoms with van der Waals surface area (Å²) in [7, 11) is -6.93. The lowest BCUT2D eigenvalue weighted by Gasteiger charge is -2.14. The minimum atomic E-state index is -4.53. The van der Waals surface area contributed by atoms with E-state index in [-0.39, 0.29) is 17.2 Å². The van der Waals surface area contributed by atoms with Crippen LogP contribution in [0, 0.1) is 11.6 Å². The van der Waals surface area contributed by atoms with Crippen LogP contribution in [0.1, 0.15) is 6.92 Å². The summed E-state index contributed by atoms with van der Waals surface area (Å²) >= 11 is 0. The van der Waals surface area contributed by atoms with E-state index in [1.807, 2.05) is 4.72 Å². The van der Waals surface area contributed by atoms with Crippen LogP contribution in [-0.2, 0) is 24.8 Å². The minimum absolute atomic E-state index is 0.0541. The van der Waals surface area contributed by atoms with E-state index in [0.717, 1.165) is 30.3 Å². The van der Waals surface area contributed by atoms with E-state index in [9.17, 15) is 25.6 Å². The topological polar surface area (TPSA) is 102 Å². The third-order valence-corrected chi connectivity index (χ3v) is 6.41. The largest absolute Gasteiger partial charge is 0.383 e. The van der Waals surface area contributed by atoms with E-state index in [4.69, 9.17) is 4.74 Å². The van der Waals surface area contributed by atoms with Crippen molar-refractivity contribution >= 4 is 25.7 Å². The highest BCUT2D eigenvalue weighted by Gasteiger charge is 2.24. The van der Waals surface area contributed by atoms with Gasteiger partial charge in [-0.15, -0.1) is 0 Å². The highest BCUT2D eigenvalue weighted by molar-refractivity contribution is 7.92. The number of halogens is 2. The van der Waals surface area contributed by atoms with Gasteiger partial charge < -0.3 is 4.74 Å². The Morgan fingerprint density at radius 3 is 2.04 bits per heavy atom. The van der Waals surface area contributed by atoms with Gasteiger partial charge in [0, 0.05) is 18.8 Å². The summed E-state index contributed by atoms with van der Waals surface area (Å²) in [4.78, 5) is -1.22. The van der Waals surface area contributed by atoms with Gasteiger partial charge in [0.1, 0.15) is 11.6 Å². The highest BCUT2D eigenvalue weighted by Crippen LogP contribution is 2.22. The van der Waals surface area contributed by atoms with Crippen molar-refractivity contribution < 1.29 is 30.4 Å². The Hall–Kier alpha value is -2.08. The molecule has 2 aromatic rings. The zero-order valence-electron chi connectivity index (χ0n) is 14.4. The van der Waals surface area contributed by atoms with Crippen LogP contribution in [0.4, 0.5) is 14.5 Å². The third kappa shape index (κ3) is 5.22. The number of nitrogens with one attached hydrogen (secondary N) is 2. The van der Waals surface area contributed by atoms with Crippen LogP contribution in [0.15, 0.2) is 52.3 Å². The predicted molar refractivity (Wildman–Crippen MR) is 95.3 cm³/mol. The molecule has 7 nitrogen and oxygen atoms in total. The van der Waals surface area contributed by atoms with Crippen molar-refractivity contribution in [3.8, 4) is 0 Å². The number of benzene rings is 2. The average molecular weight is 420 g/mol. The van der Waals surface area contributed by atoms with E-state index in [2.05, 4.69) is 4.72 Å². The Bertz CT molecular complexity index is 989. The normalized spacial score (nSPS) is 13.3. The molecule has 0 radical (unpaired) electrons. The Labute approximate surface area is 156 Å². The van der Waals surface area contributed by atoms with Crippen LogP contribution in [0.2, 0.25) is 0 Å². The molecule has 0 fully saturated rings. The maximum atomic E-state index is 13.7. The minimum Gasteiger partial charge on any atom is -0.383 e. The maximum absolute atomic E-state index is 13.7. The summed E-state index contributed by atoms with van der Waals surface area (Å²) in [5.41, 5.74) is -0.0541. The summed E-state index contributed by atoms with van der Waals surface area (Å²) in [5.74, 6) is -2.48. The summed E-state index contributed by atoms with van der Waals surface area (Å²) in [5, 5.41) is 0. The van der Waals surface area contributed by atoms with Crippen molar-refractivity contribution in [3.63, 3.8) is 0 Å². The SMILES string of the molecule is COC[C@H](C)NS(=O)(=O)c1ccc(NS(=O)(=O)c2c(F)cccc2F)cc1. The molecule has 2 aromatic carbocycles. The number of ether oxygens (including phenoxy) is 1. The summed E-state index contributed by atoms with van der Waals surface area (Å²) in [6, 6.07) is 6.88. The number of sulfonamides is 2. The zero-order chi connectivity index (χ0) is 20.2. The molecule has 0 spiro atoms. The first kappa shape index (κ1) is 21.2. The lowest BCUT2D eigenvalue weighted by atomic mass is 10.3. The van der Waals surface area contributed by atoms with Crippen LogP contribution in [-0.4, -0.2) is 36.6 Å². The van der Waals surface area contributed by atoms with Gasteiger partial charge in [-0.05, 0) is 43.3 Å². The van der Waals surface area contributed by atoms with Gasteiger partial charge in [0.2, 0.25) is 10.0 Å². The second-order valence-electron chi connectivity index (χ2n) is 5.66. The van der Waals surface area contributed by atoms with Gasteiger partial charge in [0.15, 0.2) is 4.90 Å². The van der Waals surface area contributed by atoms with Gasteiger partial charge in [-0.1, -0.05) is 6.07 Å². The molecule has 11 heteroatoms. The van der Waals surface area contributed by atoms with Crippen LogP contribution in [0.3, 0.4) is 0 Å². The van der Waals surface area contributed by atoms with Crippen molar-refractivity contribution in [2.45, 2.75) is 22.8 Å². The molecular weight excluding hydrogens is 402 g/mol. The molecule has 0 amide bonds. The van der Waals surface area contributed by atoms with E-state index in [0.29, 0.717) is 0 Å². The second-order valence-corrected chi connectivity index (χ2v) is 8.99. The highest BCUT2D eigenvalue weighted by atomic mass is 32.2. The summed E-state index contributed by atoms with van der Waals surface area (Å²) in [6.45, 7) is 1.79. The first-order valence-corrected chi connectivity index (χ1v) is 10.6. The first-order valence-electron chi connectivity index (χ1n) is 7.65. The fourth-order valence-corrected chi connectivity index (χ4v) is 4.69. The fourth-order valence-electron chi connectivity index (χ4n) is 2.26. The van der Waals surface area contributed by atoms with Crippen molar-refractivity contribution in [2.75, 3.05) is 18.4 Å². The number of rotatable bonds is 8. The van der Waals surface area contributed by atoms with Gasteiger partial charge >= 0.3 is 0 Å². The molecule has 0 aliphatic heterocycles. The maximum Gasteiger partial charge on any atom is 0.267 e. The Kier molecular flexibility index (Phi) is 6.52. The number of hydrogen-bond acceptors (Lipinski definition) is 5. The van der Waals surface area contributed by atoms with E-state index in [1.54, 1.807) is 6.92 Å². The Balaban J connectivity index is 2.23. The molecule has 27 heavy (non-hydrogen) atoms. The van der Waals surface area contributed by atoms with Crippen LogP contribution >= 0.6 is 0 Å². The molecule has 2 N–H and O–H groups in total. The molecule has 0 heterocycles. The van der Waals surface area contributed by atoms with Crippen molar-refractivity contribution in [2.24, 2.45) is 0 Å². The van der Waals surface area contributed by atoms with Crippen LogP contribution in [0.5, 0.6) is 0 Å². The molecule has 0 saturated heterocycles. The van der Waals surface area contributed by atoms with Crippen molar-refractivity contribution in [3.05, 3.63) is 54.1 Å². The number of methoxy groups -OCH3 is 1. The van der Waals surface area contributed by atoms with Crippen LogP contribution in [0.25, 0.3) is 0 Å². The molecular formula is C16H18F2N2O5S2. The Morgan fingerprint density at radius 1 is 0.963 bits per heavy atom. The third-order valence-electron chi connectivity index (χ3n) is 3.38. The standard InChI is InChI=1S/C16H18F2N2O5S2/c1-11(10-25-2)19-26(21,22)13-8-6-12(7-9-13)20-27(23,24)16-14(17)4-3-5-15(16)18/h3-9,11,19-20H,10H2,1-2H3/t11-/m0/s1. The predicted octanol–water partition coefficient (Wildman–Crippen LogP) is 2.08. The summed E-state index contributed by atoms with van der Waals surface area (Å²) in [6.07, 6.45) is 0. The molecule has 1 atom stereocenters. The second kappa shape index (κ2) is 8.30. The first-order chi connectivity index (χ1) is 12.6. The fraction of sp³-hybridized carbons (Fsp3) is 0.250. The Morgan fingerprint density at radius 2 is 1.52 bits per heavy atom. The summed E-state index contributed by atoms with van der Waals surface area (Å²) < 4.78 is 85.5. The van der Waals surface area contributed by atoms with E-state index in [1.165, 1.54) is 19.2 Å². The molecule has 148 valence electrons. The van der Waals surface area contributed by atoms with E-state index < -0.39 is 42.6 Å². The van der Waals surface area contributed by atoms with Gasteiger partial charge in [-0.2, -0.15) is 0 Å². The van der Waals surface area contributed by atoms with E-state index >= 15 is 0 Å². The molecule has 0 bridgehead atoms. The van der Waals surface area contributed by atoms with Gasteiger partial charge in [0.25, 0.3) is 10.0 Å². The average Bonchev–Trinajstić information content (AvgIpc) is 2.54. The van der Waals surface area contributed by atoms with Gasteiger partial charge in [-0.25, -0.2) is 30.3 Å². The van der Waals surface area contributed by atoms with Crippen molar-refractivity contribution in [1.82, 2.24) is 4.72 Å². The lowest BCUT2D eigenvalue weighted by molar-refractivity contribution is 0.180. The molecule has 0 aliphatic rings. The molecule has 0 unspecified atom stereocenters. The lowest BCUT2D eigenvalue weighted by Crippen LogP contribution is -2.35. The van der Waals surface area contributed by atoms with Gasteiger partial charge in [0.05, 0.1) is 11.5 Å². The van der Waals surface area contributed by atoms with Crippen molar-refractivity contribution in [1.29, 1.82) is 0 Å². The molecule has 2 rings (SSSR count). The smallest absolute Gasteiger partial charge is 0.267 e. The molecule has 0 aromatic heterocycles. The van der Waals surface area contributed by atoms with Gasteiger partial charge in [-0.3, -0.25) is 4.72 Å². The monoisotopic (exact) mass is 420 g/mol. The van der Waals surface area contributed by atoms with Crippen LogP contribution < -0.4 is 9.44 Å². The quantitative estimate of drug-likeness (QED) is 0.681. The number of hydrogen-bond donors (Lipinski definition) is 2.